The number of rotatable bonds is 7. The summed E-state index contributed by atoms with van der Waals surface area (Å²) in [5.74, 6) is 0.845. The first-order valence-electron chi connectivity index (χ1n) is 7.88. The van der Waals surface area contributed by atoms with Gasteiger partial charge in [-0.2, -0.15) is 5.10 Å². The van der Waals surface area contributed by atoms with E-state index in [0.29, 0.717) is 6.61 Å². The van der Waals surface area contributed by atoms with E-state index in [9.17, 15) is 0 Å². The van der Waals surface area contributed by atoms with E-state index in [4.69, 9.17) is 4.74 Å². The van der Waals surface area contributed by atoms with Crippen LogP contribution in [-0.2, 0) is 13.2 Å². The Morgan fingerprint density at radius 3 is 2.65 bits per heavy atom. The fourth-order valence-electron chi connectivity index (χ4n) is 2.39. The van der Waals surface area contributed by atoms with Crippen LogP contribution in [0.25, 0.3) is 11.3 Å². The van der Waals surface area contributed by atoms with E-state index in [0.717, 1.165) is 41.4 Å². The molecule has 3 rings (SSSR count). The maximum Gasteiger partial charge on any atom is 0.129 e. The van der Waals surface area contributed by atoms with Crippen molar-refractivity contribution in [1.29, 1.82) is 0 Å². The summed E-state index contributed by atoms with van der Waals surface area (Å²) in [4.78, 5) is 0. The summed E-state index contributed by atoms with van der Waals surface area (Å²) in [5.41, 5.74) is 4.13. The van der Waals surface area contributed by atoms with E-state index in [1.165, 1.54) is 0 Å². The lowest BCUT2D eigenvalue weighted by Gasteiger charge is -2.10. The third-order valence-corrected chi connectivity index (χ3v) is 3.60. The summed E-state index contributed by atoms with van der Waals surface area (Å²) in [6.45, 7) is 4.36. The Hall–Kier alpha value is -2.59. The molecule has 0 unspecified atom stereocenters. The van der Waals surface area contributed by atoms with Crippen molar-refractivity contribution in [1.82, 2.24) is 15.5 Å². The number of ether oxygens (including phenoxy) is 1. The van der Waals surface area contributed by atoms with Crippen molar-refractivity contribution in [2.75, 3.05) is 6.54 Å². The lowest BCUT2D eigenvalue weighted by atomic mass is 10.1. The molecule has 118 valence electrons. The standard InChI is InChI=1S/C19H21N3O/c1-2-20-13-16-12-18(22-21-16)17-10-6-7-11-19(17)23-14-15-8-4-3-5-9-15/h3-12,20H,2,13-14H2,1H3,(H,21,22). The van der Waals surface area contributed by atoms with Crippen LogP contribution in [0.2, 0.25) is 0 Å². The van der Waals surface area contributed by atoms with Gasteiger partial charge in [0, 0.05) is 17.8 Å². The summed E-state index contributed by atoms with van der Waals surface area (Å²) in [7, 11) is 0. The average molecular weight is 307 g/mol. The number of hydrogen-bond acceptors (Lipinski definition) is 3. The number of aromatic amines is 1. The third-order valence-electron chi connectivity index (χ3n) is 3.60. The highest BCUT2D eigenvalue weighted by molar-refractivity contribution is 5.67. The van der Waals surface area contributed by atoms with Gasteiger partial charge in [-0.15, -0.1) is 0 Å². The lowest BCUT2D eigenvalue weighted by Crippen LogP contribution is -2.11. The molecule has 23 heavy (non-hydrogen) atoms. The molecule has 0 saturated heterocycles. The van der Waals surface area contributed by atoms with E-state index in [2.05, 4.69) is 40.6 Å². The summed E-state index contributed by atoms with van der Waals surface area (Å²) < 4.78 is 6.00. The first kappa shape index (κ1) is 15.3. The minimum absolute atomic E-state index is 0.548. The van der Waals surface area contributed by atoms with Crippen molar-refractivity contribution in [3.63, 3.8) is 0 Å². The van der Waals surface area contributed by atoms with Crippen LogP contribution in [0.4, 0.5) is 0 Å². The second-order valence-electron chi connectivity index (χ2n) is 5.33. The summed E-state index contributed by atoms with van der Waals surface area (Å²) in [6, 6.07) is 20.2. The van der Waals surface area contributed by atoms with Gasteiger partial charge in [0.05, 0.1) is 5.69 Å². The Balaban J connectivity index is 1.76. The molecule has 0 bridgehead atoms. The van der Waals surface area contributed by atoms with Crippen molar-refractivity contribution in [2.45, 2.75) is 20.1 Å². The molecule has 4 nitrogen and oxygen atoms in total. The molecule has 0 radical (unpaired) electrons. The van der Waals surface area contributed by atoms with E-state index in [1.807, 2.05) is 42.5 Å². The van der Waals surface area contributed by atoms with Crippen molar-refractivity contribution >= 4 is 0 Å². The van der Waals surface area contributed by atoms with Crippen molar-refractivity contribution in [3.05, 3.63) is 71.9 Å². The van der Waals surface area contributed by atoms with Gasteiger partial charge in [0.15, 0.2) is 0 Å². The van der Waals surface area contributed by atoms with Crippen LogP contribution in [0.5, 0.6) is 5.75 Å². The molecule has 3 aromatic rings. The quantitative estimate of drug-likeness (QED) is 0.698. The maximum absolute atomic E-state index is 6.00. The van der Waals surface area contributed by atoms with Crippen LogP contribution in [-0.4, -0.2) is 16.7 Å². The zero-order chi connectivity index (χ0) is 15.9. The second kappa shape index (κ2) is 7.61. The molecule has 0 saturated carbocycles. The van der Waals surface area contributed by atoms with Crippen LogP contribution in [0.1, 0.15) is 18.2 Å². The van der Waals surface area contributed by atoms with E-state index in [1.54, 1.807) is 0 Å². The molecule has 2 aromatic carbocycles. The number of aromatic nitrogens is 2. The fraction of sp³-hybridized carbons (Fsp3) is 0.211. The number of benzene rings is 2. The Labute approximate surface area is 136 Å². The van der Waals surface area contributed by atoms with Gasteiger partial charge < -0.3 is 10.1 Å². The number of nitrogens with one attached hydrogen (secondary N) is 2. The van der Waals surface area contributed by atoms with Gasteiger partial charge in [0.1, 0.15) is 12.4 Å². The molecule has 1 aromatic heterocycles. The SMILES string of the molecule is CCNCc1cc(-c2ccccc2OCc2ccccc2)n[nH]1. The molecule has 1 heterocycles. The highest BCUT2D eigenvalue weighted by Gasteiger charge is 2.09. The maximum atomic E-state index is 6.00. The fourth-order valence-corrected chi connectivity index (χ4v) is 2.39. The predicted octanol–water partition coefficient (Wildman–Crippen LogP) is 3.77. The zero-order valence-corrected chi connectivity index (χ0v) is 13.3. The Morgan fingerprint density at radius 2 is 1.83 bits per heavy atom. The molecule has 0 aliphatic carbocycles. The van der Waals surface area contributed by atoms with Gasteiger partial charge in [-0.25, -0.2) is 0 Å². The monoisotopic (exact) mass is 307 g/mol. The summed E-state index contributed by atoms with van der Waals surface area (Å²) >= 11 is 0. The van der Waals surface area contributed by atoms with E-state index < -0.39 is 0 Å². The Kier molecular flexibility index (Phi) is 5.06. The summed E-state index contributed by atoms with van der Waals surface area (Å²) in [5, 5.41) is 10.8. The largest absolute Gasteiger partial charge is 0.488 e. The smallest absolute Gasteiger partial charge is 0.129 e. The normalized spacial score (nSPS) is 10.7. The summed E-state index contributed by atoms with van der Waals surface area (Å²) in [6.07, 6.45) is 0. The molecule has 0 fully saturated rings. The van der Waals surface area contributed by atoms with Gasteiger partial charge >= 0.3 is 0 Å². The van der Waals surface area contributed by atoms with Crippen LogP contribution in [0.15, 0.2) is 60.7 Å². The van der Waals surface area contributed by atoms with Gasteiger partial charge in [-0.05, 0) is 30.3 Å². The van der Waals surface area contributed by atoms with Crippen LogP contribution in [0.3, 0.4) is 0 Å². The molecule has 0 aliphatic rings. The Bertz CT molecular complexity index is 737. The number of hydrogen-bond donors (Lipinski definition) is 2. The predicted molar refractivity (Wildman–Crippen MR) is 92.2 cm³/mol. The number of nitrogens with zero attached hydrogens (tertiary/aromatic N) is 1. The number of para-hydroxylation sites is 1. The van der Waals surface area contributed by atoms with Gasteiger partial charge in [-0.1, -0.05) is 49.4 Å². The molecular weight excluding hydrogens is 286 g/mol. The van der Waals surface area contributed by atoms with Crippen LogP contribution >= 0.6 is 0 Å². The van der Waals surface area contributed by atoms with E-state index >= 15 is 0 Å². The van der Waals surface area contributed by atoms with Crippen LogP contribution in [0, 0.1) is 0 Å². The minimum atomic E-state index is 0.548. The van der Waals surface area contributed by atoms with E-state index in [-0.39, 0.29) is 0 Å². The lowest BCUT2D eigenvalue weighted by molar-refractivity contribution is 0.307. The van der Waals surface area contributed by atoms with Crippen molar-refractivity contribution in [3.8, 4) is 17.0 Å². The molecule has 4 heteroatoms. The molecule has 0 amide bonds. The number of H-pyrrole nitrogens is 1. The average Bonchev–Trinajstić information content (AvgIpc) is 3.08. The van der Waals surface area contributed by atoms with Gasteiger partial charge in [0.2, 0.25) is 0 Å². The molecule has 0 spiro atoms. The third kappa shape index (κ3) is 3.99. The van der Waals surface area contributed by atoms with Crippen molar-refractivity contribution < 1.29 is 4.74 Å². The van der Waals surface area contributed by atoms with Gasteiger partial charge in [0.25, 0.3) is 0 Å². The highest BCUT2D eigenvalue weighted by atomic mass is 16.5. The minimum Gasteiger partial charge on any atom is -0.488 e. The molecule has 2 N–H and O–H groups in total. The molecular formula is C19H21N3O. The second-order valence-corrected chi connectivity index (χ2v) is 5.33. The molecule has 0 aliphatic heterocycles. The topological polar surface area (TPSA) is 49.9 Å². The first-order chi connectivity index (χ1) is 11.4. The molecule has 0 atom stereocenters. The van der Waals surface area contributed by atoms with Crippen molar-refractivity contribution in [2.24, 2.45) is 0 Å². The first-order valence-corrected chi connectivity index (χ1v) is 7.88. The Morgan fingerprint density at radius 1 is 1.04 bits per heavy atom. The van der Waals surface area contributed by atoms with Gasteiger partial charge in [-0.3, -0.25) is 5.10 Å². The zero-order valence-electron chi connectivity index (χ0n) is 13.3. The van der Waals surface area contributed by atoms with Crippen LogP contribution < -0.4 is 10.1 Å². The highest BCUT2D eigenvalue weighted by Crippen LogP contribution is 2.29.